The molecule has 0 rings (SSSR count). The molecule has 7 atom stereocenters. The van der Waals surface area contributed by atoms with Crippen molar-refractivity contribution in [2.75, 3.05) is 0 Å². The van der Waals surface area contributed by atoms with Crippen molar-refractivity contribution < 1.29 is 293 Å². The number of rotatable bonds is 5. The van der Waals surface area contributed by atoms with Crippen LogP contribution >= 0.6 is 15.6 Å². The summed E-state index contributed by atoms with van der Waals surface area (Å²) in [4.78, 5) is 45.8. The van der Waals surface area contributed by atoms with E-state index in [0.717, 1.165) is 0 Å². The number of hydrogen-bond acceptors (Lipinski definition) is 26. The molecule has 0 aliphatic rings. The molecule has 7 unspecified atom stereocenters. The van der Waals surface area contributed by atoms with Crippen LogP contribution in [0.2, 0.25) is 0 Å². The second kappa shape index (κ2) is 79.0. The van der Waals surface area contributed by atoms with Crippen LogP contribution in [-0.4, -0.2) is 182 Å². The van der Waals surface area contributed by atoms with Crippen LogP contribution in [0.5, 0.6) is 0 Å². The Bertz CT molecular complexity index is 460. The van der Waals surface area contributed by atoms with E-state index in [-0.39, 0.29) is 152 Å². The minimum atomic E-state index is -4.89. The first-order chi connectivity index (χ1) is 17.2. The Balaban J connectivity index is -0.0000000128. The van der Waals surface area contributed by atoms with Gasteiger partial charge in [0.15, 0.2) is 6.29 Å². The molecule has 0 aliphatic heterocycles. The van der Waals surface area contributed by atoms with Crippen LogP contribution < -0.4 is 45.5 Å². The summed E-state index contributed by atoms with van der Waals surface area (Å²) in [6.07, 6.45) is -22.9. The molecule has 358 valence electrons. The van der Waals surface area contributed by atoms with Crippen molar-refractivity contribution in [2.45, 2.75) is 62.9 Å². The topological polar surface area (TPSA) is 772 Å². The SMILES string of the molecule is O.O.O.O.O=P([O-])(O)O.O=P([O-])(O)O.OC(O)C(O)O.[Fe].[Fe].[Fe].[Fe].[Fe].[Fe].[Fe].[O-]C(O)C(O)O.[O-]C(O)C([O-])O.[O-]C(O)C([O-])O.[O-]C(O)C([O-])O.[OH-].[OH-]. The van der Waals surface area contributed by atoms with Crippen LogP contribution in [0.15, 0.2) is 0 Å². The summed E-state index contributed by atoms with van der Waals surface area (Å²) < 4.78 is 17.5. The van der Waals surface area contributed by atoms with Crippen molar-refractivity contribution in [3.63, 3.8) is 0 Å². The van der Waals surface area contributed by atoms with Gasteiger partial charge >= 0.3 is 0 Å². The molecule has 0 spiro atoms. The van der Waals surface area contributed by atoms with E-state index in [0.29, 0.717) is 0 Å². The van der Waals surface area contributed by atoms with E-state index >= 15 is 0 Å². The summed E-state index contributed by atoms with van der Waals surface area (Å²) in [7, 11) is -9.78. The summed E-state index contributed by atoms with van der Waals surface area (Å²) in [6, 6.07) is 0. The standard InChI is InChI=1S/C2H6O4.C2H5O4.3C2H4O4.7Fe.2H3O4P.6H2O/c5*3-1(4)2(5)6;;;;;;;;2*1-5(2,3)4;;;;;;/h1-6H;1-5H;3*1-3,5H;;;;;;;;2*(H3,1,2,3,4);6*1H2/q;-1;3*-2;;;;;;;;;;;;;;;/p-4. The molecule has 0 saturated heterocycles. The van der Waals surface area contributed by atoms with Gasteiger partial charge in [-0.25, -0.2) is 0 Å². The molecule has 0 radical (unpaired) electrons. The van der Waals surface area contributed by atoms with E-state index < -0.39 is 78.5 Å². The van der Waals surface area contributed by atoms with E-state index in [1.165, 1.54) is 0 Å². The van der Waals surface area contributed by atoms with Crippen molar-refractivity contribution in [2.24, 2.45) is 0 Å². The van der Waals surface area contributed by atoms with E-state index in [9.17, 15) is 35.7 Å². The third-order valence-electron chi connectivity index (χ3n) is 1.25. The molecule has 0 heterocycles. The van der Waals surface area contributed by atoms with E-state index in [1.54, 1.807) is 0 Å². The first-order valence-corrected chi connectivity index (χ1v) is 11.3. The summed E-state index contributed by atoms with van der Waals surface area (Å²) in [5, 5.41) is 163. The molecule has 0 aromatic rings. The quantitative estimate of drug-likeness (QED) is 0.0690. The monoisotopic (exact) mass is 1150 g/mol. The van der Waals surface area contributed by atoms with Gasteiger partial charge in [-0.05, 0) is 37.7 Å². The van der Waals surface area contributed by atoms with Crippen molar-refractivity contribution in [3.05, 3.63) is 0 Å². The molecule has 0 bridgehead atoms. The molecule has 0 aromatic carbocycles. The zero-order valence-corrected chi connectivity index (χ0v) is 33.6. The van der Waals surface area contributed by atoms with Gasteiger partial charge in [0.25, 0.3) is 15.6 Å². The maximum atomic E-state index is 9.28. The van der Waals surface area contributed by atoms with Crippen LogP contribution in [0.1, 0.15) is 0 Å². The fourth-order valence-electron chi connectivity index (χ4n) is 0. The Morgan fingerprint density at radius 2 is 0.358 bits per heavy atom. The van der Waals surface area contributed by atoms with Crippen LogP contribution in [0, 0.1) is 0 Å². The van der Waals surface area contributed by atoms with Crippen molar-refractivity contribution in [1.82, 2.24) is 0 Å². The molecule has 27 N–H and O–H groups in total. The molecule has 43 heteroatoms. The predicted octanol–water partition coefficient (Wildman–Crippen LogP) is -23.2. The van der Waals surface area contributed by atoms with Gasteiger partial charge in [-0.15, -0.1) is 0 Å². The van der Waals surface area contributed by atoms with Gasteiger partial charge in [0, 0.05) is 126 Å². The summed E-state index contributed by atoms with van der Waals surface area (Å²) in [5.41, 5.74) is 0. The van der Waals surface area contributed by atoms with E-state index in [2.05, 4.69) is 0 Å². The van der Waals surface area contributed by atoms with Crippen LogP contribution in [0.4, 0.5) is 0 Å². The molecule has 0 saturated carbocycles. The molecular formula is C10H37Fe7O34P2-11. The number of hydrogen-bond donors (Lipinski definition) is 17. The maximum Gasteiger partial charge on any atom is 0.262 e. The number of aliphatic hydroxyl groups is 13. The molecule has 53 heavy (non-hydrogen) atoms. The number of aliphatic hydroxyl groups excluding tert-OH is 10. The molecule has 34 nitrogen and oxygen atoms in total. The third kappa shape index (κ3) is 294. The average Bonchev–Trinajstić information content (AvgIpc) is 2.66. The van der Waals surface area contributed by atoms with Gasteiger partial charge in [0.05, 0.1) is 0 Å². The Labute approximate surface area is 369 Å². The van der Waals surface area contributed by atoms with Crippen LogP contribution in [0.3, 0.4) is 0 Å². The zero-order valence-electron chi connectivity index (χ0n) is 24.1. The summed E-state index contributed by atoms with van der Waals surface area (Å²) in [6.45, 7) is 0. The van der Waals surface area contributed by atoms with Gasteiger partial charge in [0.2, 0.25) is 12.6 Å². The minimum absolute atomic E-state index is 0. The van der Waals surface area contributed by atoms with Crippen LogP contribution in [0.25, 0.3) is 0 Å². The normalized spacial score (nSPS) is 12.0. The Morgan fingerprint density at radius 3 is 0.358 bits per heavy atom. The molecule has 0 fully saturated rings. The molecule has 0 aromatic heterocycles. The van der Waals surface area contributed by atoms with Gasteiger partial charge in [-0.3, -0.25) is 9.13 Å². The van der Waals surface area contributed by atoms with E-state index in [1.807, 2.05) is 0 Å². The molecule has 0 amide bonds. The maximum absolute atomic E-state index is 9.28. The van der Waals surface area contributed by atoms with Gasteiger partial charge in [-0.1, -0.05) is 0 Å². The molecular weight excluding hydrogens is 1120 g/mol. The smallest absolute Gasteiger partial charge is 0.262 e. The van der Waals surface area contributed by atoms with Gasteiger partial charge in [0.1, 0.15) is 0 Å². The van der Waals surface area contributed by atoms with Crippen LogP contribution in [-0.2, 0) is 129 Å². The summed E-state index contributed by atoms with van der Waals surface area (Å²) >= 11 is 0. The first-order valence-electron chi connectivity index (χ1n) is 8.20. The van der Waals surface area contributed by atoms with Gasteiger partial charge < -0.3 is 164 Å². The van der Waals surface area contributed by atoms with Crippen molar-refractivity contribution >= 4 is 15.6 Å². The Kier molecular flexibility index (Phi) is 195. The Hall–Kier alpha value is 2.82. The molecule has 0 aliphatic carbocycles. The fraction of sp³-hybridized carbons (Fsp3) is 1.00. The summed E-state index contributed by atoms with van der Waals surface area (Å²) in [5.74, 6) is 0. The fourth-order valence-corrected chi connectivity index (χ4v) is 0. The average molecular weight is 1150 g/mol. The minimum Gasteiger partial charge on any atom is -0.870 e. The second-order valence-electron chi connectivity index (χ2n) is 4.96. The largest absolute Gasteiger partial charge is 0.870 e. The second-order valence-corrected chi connectivity index (χ2v) is 6.92. The van der Waals surface area contributed by atoms with Crippen molar-refractivity contribution in [3.8, 4) is 0 Å². The zero-order chi connectivity index (χ0) is 34.8. The van der Waals surface area contributed by atoms with Gasteiger partial charge in [-0.2, -0.15) is 0 Å². The first kappa shape index (κ1) is 131. The third-order valence-corrected chi connectivity index (χ3v) is 1.25. The number of phosphoric acid groups is 2. The predicted molar refractivity (Wildman–Crippen MR) is 109 cm³/mol. The Morgan fingerprint density at radius 1 is 0.302 bits per heavy atom. The van der Waals surface area contributed by atoms with E-state index in [4.69, 9.17) is 105 Å². The van der Waals surface area contributed by atoms with Crippen molar-refractivity contribution in [1.29, 1.82) is 0 Å².